The van der Waals surface area contributed by atoms with Crippen LogP contribution in [0, 0.1) is 9.39 Å². The topological polar surface area (TPSA) is 17.1 Å². The summed E-state index contributed by atoms with van der Waals surface area (Å²) in [5.41, 5.74) is 1.13. The van der Waals surface area contributed by atoms with Gasteiger partial charge in [-0.1, -0.05) is 23.7 Å². The van der Waals surface area contributed by atoms with E-state index in [9.17, 15) is 9.18 Å². The third kappa shape index (κ3) is 3.29. The molecule has 0 aliphatic heterocycles. The quantitative estimate of drug-likeness (QED) is 0.571. The summed E-state index contributed by atoms with van der Waals surface area (Å²) in [6.45, 7) is 0. The minimum atomic E-state index is -0.384. The maximum atomic E-state index is 13.1. The van der Waals surface area contributed by atoms with Crippen LogP contribution in [0.25, 0.3) is 0 Å². The first-order chi connectivity index (χ1) is 8.56. The molecule has 0 unspecified atom stereocenters. The van der Waals surface area contributed by atoms with Crippen LogP contribution in [-0.4, -0.2) is 5.78 Å². The van der Waals surface area contributed by atoms with Crippen LogP contribution >= 0.6 is 34.2 Å². The summed E-state index contributed by atoms with van der Waals surface area (Å²) in [7, 11) is 0. The van der Waals surface area contributed by atoms with E-state index in [1.54, 1.807) is 12.1 Å². The fourth-order valence-electron chi connectivity index (χ4n) is 1.62. The number of carbonyl (C=O) groups is 1. The number of halogens is 3. The lowest BCUT2D eigenvalue weighted by Crippen LogP contribution is -2.04. The fourth-order valence-corrected chi connectivity index (χ4v) is 2.34. The van der Waals surface area contributed by atoms with Gasteiger partial charge in [-0.05, 0) is 58.5 Å². The molecule has 0 fully saturated rings. The van der Waals surface area contributed by atoms with Gasteiger partial charge < -0.3 is 0 Å². The van der Waals surface area contributed by atoms with Gasteiger partial charge >= 0.3 is 0 Å². The molecule has 0 saturated carbocycles. The zero-order chi connectivity index (χ0) is 13.1. The Morgan fingerprint density at radius 3 is 2.72 bits per heavy atom. The Morgan fingerprint density at radius 2 is 2.00 bits per heavy atom. The van der Waals surface area contributed by atoms with Crippen LogP contribution in [-0.2, 0) is 6.42 Å². The lowest BCUT2D eigenvalue weighted by Gasteiger charge is -2.04. The smallest absolute Gasteiger partial charge is 0.167 e. The minimum absolute atomic E-state index is 0.0685. The fraction of sp³-hybridized carbons (Fsp3) is 0.0714. The van der Waals surface area contributed by atoms with Gasteiger partial charge in [-0.2, -0.15) is 0 Å². The van der Waals surface area contributed by atoms with Crippen LogP contribution in [0.2, 0.25) is 5.02 Å². The lowest BCUT2D eigenvalue weighted by atomic mass is 10.0. The molecule has 1 nitrogen and oxygen atoms in total. The maximum absolute atomic E-state index is 13.1. The number of carbonyl (C=O) groups excluding carboxylic acids is 1. The number of hydrogen-bond acceptors (Lipinski definition) is 1. The summed E-state index contributed by atoms with van der Waals surface area (Å²) < 4.78 is 14.1. The molecule has 0 saturated heterocycles. The first-order valence-electron chi connectivity index (χ1n) is 5.29. The molecule has 2 rings (SSSR count). The van der Waals surface area contributed by atoms with Gasteiger partial charge in [-0.25, -0.2) is 4.39 Å². The summed E-state index contributed by atoms with van der Waals surface area (Å²) in [4.78, 5) is 12.0. The molecular weight excluding hydrogens is 366 g/mol. The Labute approximate surface area is 123 Å². The number of hydrogen-bond donors (Lipinski definition) is 0. The van der Waals surface area contributed by atoms with Crippen molar-refractivity contribution < 1.29 is 9.18 Å². The average Bonchev–Trinajstić information content (AvgIpc) is 2.34. The highest BCUT2D eigenvalue weighted by atomic mass is 127. The molecule has 2 aromatic rings. The van der Waals surface area contributed by atoms with Gasteiger partial charge in [-0.15, -0.1) is 0 Å². The van der Waals surface area contributed by atoms with Gasteiger partial charge in [0, 0.05) is 20.6 Å². The molecule has 0 spiro atoms. The summed E-state index contributed by atoms with van der Waals surface area (Å²) in [6, 6.07) is 11.3. The monoisotopic (exact) mass is 374 g/mol. The molecule has 0 radical (unpaired) electrons. The highest BCUT2D eigenvalue weighted by molar-refractivity contribution is 14.1. The van der Waals surface area contributed by atoms with E-state index in [4.69, 9.17) is 11.6 Å². The molecule has 0 heterocycles. The van der Waals surface area contributed by atoms with Gasteiger partial charge in [0.05, 0.1) is 0 Å². The van der Waals surface area contributed by atoms with E-state index in [0.29, 0.717) is 16.1 Å². The third-order valence-corrected chi connectivity index (χ3v) is 3.55. The SMILES string of the molecule is O=C(Cc1cc(F)ccc1Cl)c1cccc(I)c1. The van der Waals surface area contributed by atoms with Crippen molar-refractivity contribution in [2.45, 2.75) is 6.42 Å². The first kappa shape index (κ1) is 13.5. The van der Waals surface area contributed by atoms with Crippen LogP contribution in [0.3, 0.4) is 0 Å². The van der Waals surface area contributed by atoms with Crippen LogP contribution in [0.4, 0.5) is 4.39 Å². The van der Waals surface area contributed by atoms with Crippen molar-refractivity contribution in [3.8, 4) is 0 Å². The van der Waals surface area contributed by atoms with E-state index in [1.165, 1.54) is 18.2 Å². The van der Waals surface area contributed by atoms with Crippen LogP contribution < -0.4 is 0 Å². The van der Waals surface area contributed by atoms with Crippen molar-refractivity contribution in [2.75, 3.05) is 0 Å². The van der Waals surface area contributed by atoms with Crippen molar-refractivity contribution in [1.29, 1.82) is 0 Å². The summed E-state index contributed by atoms with van der Waals surface area (Å²) in [5, 5.41) is 0.412. The average molecular weight is 375 g/mol. The second-order valence-electron chi connectivity index (χ2n) is 3.85. The third-order valence-electron chi connectivity index (χ3n) is 2.51. The summed E-state index contributed by atoms with van der Waals surface area (Å²) in [6.07, 6.45) is 0.108. The maximum Gasteiger partial charge on any atom is 0.167 e. The Hall–Kier alpha value is -0.940. The second-order valence-corrected chi connectivity index (χ2v) is 5.50. The molecular formula is C14H9ClFIO. The van der Waals surface area contributed by atoms with Crippen LogP contribution in [0.5, 0.6) is 0 Å². The van der Waals surface area contributed by atoms with E-state index in [0.717, 1.165) is 3.57 Å². The van der Waals surface area contributed by atoms with Crippen LogP contribution in [0.1, 0.15) is 15.9 Å². The van der Waals surface area contributed by atoms with Gasteiger partial charge in [0.1, 0.15) is 5.82 Å². The molecule has 18 heavy (non-hydrogen) atoms. The lowest BCUT2D eigenvalue weighted by molar-refractivity contribution is 0.0993. The van der Waals surface area contributed by atoms with E-state index in [2.05, 4.69) is 22.6 Å². The summed E-state index contributed by atoms with van der Waals surface area (Å²) in [5.74, 6) is -0.453. The van der Waals surface area contributed by atoms with Gasteiger partial charge in [0.2, 0.25) is 0 Å². The molecule has 2 aromatic carbocycles. The molecule has 0 atom stereocenters. The summed E-state index contributed by atoms with van der Waals surface area (Å²) >= 11 is 8.08. The van der Waals surface area contributed by atoms with Crippen molar-refractivity contribution in [3.05, 3.63) is 68.0 Å². The minimum Gasteiger partial charge on any atom is -0.294 e. The molecule has 0 N–H and O–H groups in total. The highest BCUT2D eigenvalue weighted by Crippen LogP contribution is 2.19. The largest absolute Gasteiger partial charge is 0.294 e. The molecule has 0 aliphatic rings. The molecule has 92 valence electrons. The zero-order valence-corrected chi connectivity index (χ0v) is 12.2. The van der Waals surface area contributed by atoms with Gasteiger partial charge in [0.25, 0.3) is 0 Å². The van der Waals surface area contributed by atoms with Crippen molar-refractivity contribution in [1.82, 2.24) is 0 Å². The second kappa shape index (κ2) is 5.80. The zero-order valence-electron chi connectivity index (χ0n) is 9.29. The van der Waals surface area contributed by atoms with E-state index in [1.807, 2.05) is 12.1 Å². The van der Waals surface area contributed by atoms with E-state index >= 15 is 0 Å². The Kier molecular flexibility index (Phi) is 4.35. The van der Waals surface area contributed by atoms with Crippen molar-refractivity contribution in [2.24, 2.45) is 0 Å². The van der Waals surface area contributed by atoms with E-state index in [-0.39, 0.29) is 18.0 Å². The molecule has 0 amide bonds. The standard InChI is InChI=1S/C14H9ClFIO/c15-13-5-4-11(16)6-10(13)8-14(18)9-2-1-3-12(17)7-9/h1-7H,8H2. The number of Topliss-reactive ketones (excluding diaryl/α,β-unsaturated/α-hetero) is 1. The molecule has 4 heteroatoms. The van der Waals surface area contributed by atoms with Gasteiger partial charge in [-0.3, -0.25) is 4.79 Å². The number of ketones is 1. The molecule has 0 aliphatic carbocycles. The molecule has 0 aromatic heterocycles. The predicted octanol–water partition coefficient (Wildman–Crippen LogP) is 4.51. The van der Waals surface area contributed by atoms with Crippen molar-refractivity contribution >= 4 is 40.0 Å². The Bertz CT molecular complexity index is 598. The highest BCUT2D eigenvalue weighted by Gasteiger charge is 2.10. The first-order valence-corrected chi connectivity index (χ1v) is 6.74. The Balaban J connectivity index is 2.24. The van der Waals surface area contributed by atoms with E-state index < -0.39 is 0 Å². The predicted molar refractivity (Wildman–Crippen MR) is 78.6 cm³/mol. The molecule has 0 bridgehead atoms. The number of benzene rings is 2. The van der Waals surface area contributed by atoms with Gasteiger partial charge in [0.15, 0.2) is 5.78 Å². The van der Waals surface area contributed by atoms with Crippen molar-refractivity contribution in [3.63, 3.8) is 0 Å². The normalized spacial score (nSPS) is 10.4. The van der Waals surface area contributed by atoms with Crippen LogP contribution in [0.15, 0.2) is 42.5 Å². The number of rotatable bonds is 3. The Morgan fingerprint density at radius 1 is 1.22 bits per heavy atom.